The molecule has 7 aromatic carbocycles. The van der Waals surface area contributed by atoms with Gasteiger partial charge in [-0.1, -0.05) is 118 Å². The number of para-hydroxylation sites is 1. The summed E-state index contributed by atoms with van der Waals surface area (Å²) >= 11 is 4.00. The van der Waals surface area contributed by atoms with E-state index in [0.29, 0.717) is 5.56 Å². The van der Waals surface area contributed by atoms with Gasteiger partial charge in [0.15, 0.2) is 0 Å². The topological polar surface area (TPSA) is 45.5 Å². The Morgan fingerprint density at radius 2 is 1.29 bits per heavy atom. The number of benzene rings is 7. The smallest absolute Gasteiger partial charge is 0.128 e. The summed E-state index contributed by atoms with van der Waals surface area (Å²) in [6.45, 7) is 6.33. The molecule has 0 radical (unpaired) electrons. The van der Waals surface area contributed by atoms with Crippen LogP contribution in [0.15, 0.2) is 138 Å². The summed E-state index contributed by atoms with van der Waals surface area (Å²) in [6, 6.07) is 46.9. The summed E-state index contributed by atoms with van der Waals surface area (Å²) in [5, 5.41) is 17.0. The lowest BCUT2D eigenvalue weighted by Crippen LogP contribution is -2.12. The zero-order chi connectivity index (χ0) is 33.7. The number of rotatable bonds is 5. The molecule has 1 aromatic heterocycles. The maximum Gasteiger partial charge on any atom is 0.128 e. The Bertz CT molecular complexity index is 2570. The molecule has 0 bridgehead atoms. The van der Waals surface area contributed by atoms with Gasteiger partial charge in [-0.15, -0.1) is 11.3 Å². The average molecular weight is 765 g/mol. The minimum absolute atomic E-state index is 0.195. The van der Waals surface area contributed by atoms with Crippen LogP contribution in [-0.4, -0.2) is 16.3 Å². The Labute approximate surface area is 303 Å². The molecule has 0 saturated heterocycles. The van der Waals surface area contributed by atoms with Crippen molar-refractivity contribution in [1.82, 2.24) is 4.98 Å². The monoisotopic (exact) mass is 764 g/mol. The fourth-order valence-corrected chi connectivity index (χ4v) is 8.35. The van der Waals surface area contributed by atoms with Gasteiger partial charge in [-0.05, 0) is 103 Å². The lowest BCUT2D eigenvalue weighted by atomic mass is 9.85. The molecule has 1 N–H and O–H groups in total. The molecule has 0 spiro atoms. The third-order valence-electron chi connectivity index (χ3n) is 9.06. The maximum absolute atomic E-state index is 11.2. The van der Waals surface area contributed by atoms with E-state index < -0.39 is 0 Å². The number of halogens is 1. The number of aromatic hydroxyl groups is 1. The quantitative estimate of drug-likeness (QED) is 0.140. The van der Waals surface area contributed by atoms with Crippen LogP contribution in [0.1, 0.15) is 31.9 Å². The number of phenolic OH excluding ortho intramolecular Hbond substituents is 1. The molecular weight excluding hydrogens is 731 g/mol. The van der Waals surface area contributed by atoms with E-state index in [1.54, 1.807) is 17.6 Å². The first-order valence-corrected chi connectivity index (χ1v) is 18.2. The lowest BCUT2D eigenvalue weighted by Gasteiger charge is -2.21. The maximum atomic E-state index is 11.2. The van der Waals surface area contributed by atoms with Gasteiger partial charge in [0, 0.05) is 32.0 Å². The van der Waals surface area contributed by atoms with Gasteiger partial charge in [-0.3, -0.25) is 4.99 Å². The van der Waals surface area contributed by atoms with Gasteiger partial charge in [0.25, 0.3) is 0 Å². The highest BCUT2D eigenvalue weighted by Gasteiger charge is 2.21. The fourth-order valence-electron chi connectivity index (χ4n) is 6.64. The van der Waals surface area contributed by atoms with E-state index in [1.807, 2.05) is 30.3 Å². The van der Waals surface area contributed by atoms with E-state index in [2.05, 4.69) is 146 Å². The number of aliphatic imine (C=N–C) groups is 1. The second-order valence-electron chi connectivity index (χ2n) is 13.4. The molecule has 0 saturated carbocycles. The van der Waals surface area contributed by atoms with E-state index in [1.165, 1.54) is 27.1 Å². The minimum atomic E-state index is -0.195. The van der Waals surface area contributed by atoms with Gasteiger partial charge >= 0.3 is 0 Å². The fraction of sp³-hybridized carbons (Fsp3) is 0.0909. The van der Waals surface area contributed by atoms with Crippen molar-refractivity contribution in [2.24, 2.45) is 4.99 Å². The van der Waals surface area contributed by atoms with Crippen molar-refractivity contribution in [3.8, 4) is 38.6 Å². The Hall–Kier alpha value is -4.85. The summed E-state index contributed by atoms with van der Waals surface area (Å²) in [6.07, 6.45) is 1.78. The van der Waals surface area contributed by atoms with Crippen LogP contribution < -0.4 is 0 Å². The third-order valence-corrected chi connectivity index (χ3v) is 10.7. The van der Waals surface area contributed by atoms with Crippen LogP contribution in [-0.2, 0) is 5.41 Å². The van der Waals surface area contributed by atoms with E-state index in [9.17, 15) is 5.11 Å². The predicted molar refractivity (Wildman–Crippen MR) is 218 cm³/mol. The van der Waals surface area contributed by atoms with Crippen molar-refractivity contribution in [3.05, 3.63) is 148 Å². The molecule has 3 nitrogen and oxygen atoms in total. The summed E-state index contributed by atoms with van der Waals surface area (Å²) in [5.41, 5.74) is 8.79. The van der Waals surface area contributed by atoms with Crippen LogP contribution in [0.25, 0.3) is 64.6 Å². The van der Waals surface area contributed by atoms with Crippen LogP contribution in [0.5, 0.6) is 5.75 Å². The molecule has 49 heavy (non-hydrogen) atoms. The van der Waals surface area contributed by atoms with Crippen LogP contribution >= 0.6 is 33.9 Å². The molecule has 0 amide bonds. The van der Waals surface area contributed by atoms with Crippen LogP contribution in [0.4, 0.5) is 5.69 Å². The Kier molecular flexibility index (Phi) is 8.05. The standard InChI is InChI=1S/C44H33IN2OS/c1-44(2,3)38-25-31(45)22-30(42(38)48)26-46-39-21-9-8-18-36(39)43-47-41-37(35-20-11-15-28-13-5-7-17-33(28)35)23-29(24-40(41)49-43)34-19-10-14-27-12-4-6-16-32(27)34/h4-26,48H,1-3H3/b46-26+. The molecule has 0 aliphatic carbocycles. The lowest BCUT2D eigenvalue weighted by molar-refractivity contribution is 0.445. The number of fused-ring (bicyclic) bond motifs is 3. The average Bonchev–Trinajstić information content (AvgIpc) is 3.55. The molecule has 8 aromatic rings. The van der Waals surface area contributed by atoms with Crippen LogP contribution in [0.3, 0.4) is 0 Å². The van der Waals surface area contributed by atoms with Crippen molar-refractivity contribution in [2.75, 3.05) is 0 Å². The molecule has 5 heteroatoms. The number of hydrogen-bond acceptors (Lipinski definition) is 4. The number of phenols is 1. The van der Waals surface area contributed by atoms with Gasteiger partial charge in [0.2, 0.25) is 0 Å². The first-order valence-electron chi connectivity index (χ1n) is 16.3. The van der Waals surface area contributed by atoms with E-state index in [0.717, 1.165) is 52.3 Å². The number of nitrogens with zero attached hydrogens (tertiary/aromatic N) is 2. The highest BCUT2D eigenvalue weighted by atomic mass is 127. The molecule has 238 valence electrons. The zero-order valence-corrected chi connectivity index (χ0v) is 30.4. The molecule has 8 rings (SSSR count). The van der Waals surface area contributed by atoms with Gasteiger partial charge in [0.05, 0.1) is 15.9 Å². The third kappa shape index (κ3) is 5.91. The first-order chi connectivity index (χ1) is 23.7. The molecule has 1 heterocycles. The van der Waals surface area contributed by atoms with Crippen molar-refractivity contribution in [2.45, 2.75) is 26.2 Å². The summed E-state index contributed by atoms with van der Waals surface area (Å²) in [5.74, 6) is 0.273. The predicted octanol–water partition coefficient (Wildman–Crippen LogP) is 13.0. The summed E-state index contributed by atoms with van der Waals surface area (Å²) < 4.78 is 2.18. The van der Waals surface area contributed by atoms with Gasteiger partial charge in [0.1, 0.15) is 10.8 Å². The summed E-state index contributed by atoms with van der Waals surface area (Å²) in [7, 11) is 0. The van der Waals surface area contributed by atoms with Crippen LogP contribution in [0.2, 0.25) is 0 Å². The van der Waals surface area contributed by atoms with Gasteiger partial charge in [-0.2, -0.15) is 0 Å². The largest absolute Gasteiger partial charge is 0.507 e. The van der Waals surface area contributed by atoms with Gasteiger partial charge < -0.3 is 5.11 Å². The van der Waals surface area contributed by atoms with Crippen molar-refractivity contribution >= 4 is 77.6 Å². The highest BCUT2D eigenvalue weighted by Crippen LogP contribution is 2.44. The molecular formula is C44H33IN2OS. The highest BCUT2D eigenvalue weighted by molar-refractivity contribution is 14.1. The number of hydrogen-bond donors (Lipinski definition) is 1. The Morgan fingerprint density at radius 1 is 0.673 bits per heavy atom. The minimum Gasteiger partial charge on any atom is -0.507 e. The number of thiazole rings is 1. The van der Waals surface area contributed by atoms with E-state index in [-0.39, 0.29) is 11.2 Å². The number of aromatic nitrogens is 1. The molecule has 0 aliphatic heterocycles. The second-order valence-corrected chi connectivity index (χ2v) is 15.6. The zero-order valence-electron chi connectivity index (χ0n) is 27.4. The van der Waals surface area contributed by atoms with Gasteiger partial charge in [-0.25, -0.2) is 4.98 Å². The first kappa shape index (κ1) is 31.4. The van der Waals surface area contributed by atoms with Crippen molar-refractivity contribution < 1.29 is 5.11 Å². The normalized spacial score (nSPS) is 12.1. The second kappa shape index (κ2) is 12.6. The van der Waals surface area contributed by atoms with Crippen LogP contribution in [0, 0.1) is 3.57 Å². The van der Waals surface area contributed by atoms with E-state index >= 15 is 0 Å². The van der Waals surface area contributed by atoms with Crippen molar-refractivity contribution in [1.29, 1.82) is 0 Å². The summed E-state index contributed by atoms with van der Waals surface area (Å²) in [4.78, 5) is 10.3. The van der Waals surface area contributed by atoms with E-state index in [4.69, 9.17) is 9.98 Å². The molecule has 0 unspecified atom stereocenters. The molecule has 0 atom stereocenters. The van der Waals surface area contributed by atoms with Crippen molar-refractivity contribution in [3.63, 3.8) is 0 Å². The Balaban J connectivity index is 1.32. The SMILES string of the molecule is CC(C)(C)c1cc(I)cc(/C=N/c2ccccc2-c2nc3c(-c4cccc5ccccc45)cc(-c4cccc5ccccc45)cc3s2)c1O. The molecule has 0 fully saturated rings. The molecule has 0 aliphatic rings. The Morgan fingerprint density at radius 3 is 2.02 bits per heavy atom.